The van der Waals surface area contributed by atoms with E-state index >= 15 is 0 Å². The molecule has 0 bridgehead atoms. The molecule has 1 aromatic rings. The third-order valence-electron chi connectivity index (χ3n) is 2.72. The second kappa shape index (κ2) is 7.02. The molecule has 0 spiro atoms. The largest absolute Gasteiger partial charge is 0.387 e. The Morgan fingerprint density at radius 1 is 1.50 bits per heavy atom. The fourth-order valence-corrected chi connectivity index (χ4v) is 2.18. The van der Waals surface area contributed by atoms with Gasteiger partial charge < -0.3 is 15.3 Å². The van der Waals surface area contributed by atoms with Gasteiger partial charge in [-0.1, -0.05) is 17.7 Å². The molecule has 0 heterocycles. The van der Waals surface area contributed by atoms with Crippen molar-refractivity contribution in [2.45, 2.75) is 18.9 Å². The highest BCUT2D eigenvalue weighted by Crippen LogP contribution is 2.19. The number of amides is 1. The van der Waals surface area contributed by atoms with Crippen molar-refractivity contribution in [3.8, 4) is 0 Å². The molecule has 20 heavy (non-hydrogen) atoms. The van der Waals surface area contributed by atoms with Crippen LogP contribution >= 0.6 is 11.6 Å². The maximum atomic E-state index is 13.5. The summed E-state index contributed by atoms with van der Waals surface area (Å²) in [5, 5.41) is 12.9. The first-order chi connectivity index (χ1) is 9.21. The average Bonchev–Trinajstić information content (AvgIpc) is 2.30. The minimum atomic E-state index is -1.04. The van der Waals surface area contributed by atoms with Gasteiger partial charge in [0.1, 0.15) is 5.82 Å². The number of rotatable bonds is 6. The predicted molar refractivity (Wildman–Crippen MR) is 77.3 cm³/mol. The summed E-state index contributed by atoms with van der Waals surface area (Å²) in [5.41, 5.74) is -0.878. The molecule has 1 amide bonds. The Kier molecular flexibility index (Phi) is 5.92. The summed E-state index contributed by atoms with van der Waals surface area (Å²) in [5.74, 6) is -0.885. The number of halogens is 2. The van der Waals surface area contributed by atoms with Crippen LogP contribution in [0.15, 0.2) is 18.2 Å². The van der Waals surface area contributed by atoms with E-state index in [0.717, 1.165) is 0 Å². The predicted octanol–water partition coefficient (Wildman–Crippen LogP) is 1.45. The van der Waals surface area contributed by atoms with Gasteiger partial charge in [-0.3, -0.25) is 4.79 Å². The lowest BCUT2D eigenvalue weighted by Crippen LogP contribution is -2.47. The molecule has 2 N–H and O–H groups in total. The first-order valence-corrected chi connectivity index (χ1v) is 6.66. The zero-order valence-corrected chi connectivity index (χ0v) is 12.7. The van der Waals surface area contributed by atoms with Crippen molar-refractivity contribution in [3.05, 3.63) is 34.6 Å². The number of benzene rings is 1. The van der Waals surface area contributed by atoms with Crippen LogP contribution in [0, 0.1) is 5.82 Å². The molecule has 0 aliphatic carbocycles. The molecule has 0 saturated heterocycles. The van der Waals surface area contributed by atoms with Crippen molar-refractivity contribution in [1.29, 1.82) is 0 Å². The fraction of sp³-hybridized carbons (Fsp3) is 0.500. The second-order valence-corrected chi connectivity index (χ2v) is 5.80. The number of carbonyl (C=O) groups is 1. The van der Waals surface area contributed by atoms with Crippen LogP contribution in [-0.2, 0) is 11.2 Å². The van der Waals surface area contributed by atoms with Crippen LogP contribution in [0.2, 0.25) is 5.02 Å². The van der Waals surface area contributed by atoms with Gasteiger partial charge in [0.25, 0.3) is 0 Å². The van der Waals surface area contributed by atoms with Gasteiger partial charge in [-0.2, -0.15) is 0 Å². The third-order valence-corrected chi connectivity index (χ3v) is 3.08. The Hall–Kier alpha value is -1.17. The molecule has 1 aromatic carbocycles. The monoisotopic (exact) mass is 302 g/mol. The highest BCUT2D eigenvalue weighted by Gasteiger charge is 2.22. The van der Waals surface area contributed by atoms with Gasteiger partial charge in [-0.25, -0.2) is 4.39 Å². The molecular formula is C14H20ClFN2O2. The van der Waals surface area contributed by atoms with Gasteiger partial charge in [0.15, 0.2) is 0 Å². The molecule has 1 unspecified atom stereocenters. The smallest absolute Gasteiger partial charge is 0.224 e. The number of hydrogen-bond donors (Lipinski definition) is 2. The van der Waals surface area contributed by atoms with Crippen LogP contribution in [0.3, 0.4) is 0 Å². The quantitative estimate of drug-likeness (QED) is 0.836. The Balaban J connectivity index is 2.56. The van der Waals surface area contributed by atoms with Gasteiger partial charge in [-0.05, 0) is 33.2 Å². The zero-order valence-electron chi connectivity index (χ0n) is 11.9. The lowest BCUT2D eigenvalue weighted by Gasteiger charge is -2.27. The van der Waals surface area contributed by atoms with E-state index in [2.05, 4.69) is 5.32 Å². The standard InChI is InChI=1S/C14H20ClFN2O2/c1-14(20,9-18(2)3)8-17-13(19)7-10-11(15)5-4-6-12(10)16/h4-6,20H,7-9H2,1-3H3,(H,17,19). The van der Waals surface area contributed by atoms with Crippen molar-refractivity contribution in [1.82, 2.24) is 10.2 Å². The molecule has 0 fully saturated rings. The van der Waals surface area contributed by atoms with E-state index in [-0.39, 0.29) is 29.5 Å². The number of carbonyl (C=O) groups excluding carboxylic acids is 1. The Morgan fingerprint density at radius 2 is 2.15 bits per heavy atom. The van der Waals surface area contributed by atoms with Gasteiger partial charge in [0, 0.05) is 23.7 Å². The van der Waals surface area contributed by atoms with Crippen molar-refractivity contribution in [3.63, 3.8) is 0 Å². The normalized spacial score (nSPS) is 14.2. The Labute approximate surface area is 123 Å². The summed E-state index contributed by atoms with van der Waals surface area (Å²) in [6.07, 6.45) is -0.149. The summed E-state index contributed by atoms with van der Waals surface area (Å²) in [4.78, 5) is 13.6. The summed E-state index contributed by atoms with van der Waals surface area (Å²) in [6.45, 7) is 2.13. The van der Waals surface area contributed by atoms with Crippen molar-refractivity contribution >= 4 is 17.5 Å². The fourth-order valence-electron chi connectivity index (χ4n) is 1.95. The Morgan fingerprint density at radius 3 is 2.70 bits per heavy atom. The molecule has 1 atom stereocenters. The van der Waals surface area contributed by atoms with Crippen LogP contribution in [0.5, 0.6) is 0 Å². The minimum Gasteiger partial charge on any atom is -0.387 e. The second-order valence-electron chi connectivity index (χ2n) is 5.39. The molecule has 1 rings (SSSR count). The highest BCUT2D eigenvalue weighted by molar-refractivity contribution is 6.31. The zero-order chi connectivity index (χ0) is 15.3. The van der Waals surface area contributed by atoms with E-state index in [1.165, 1.54) is 18.2 Å². The molecule has 4 nitrogen and oxygen atoms in total. The lowest BCUT2D eigenvalue weighted by atomic mass is 10.1. The summed E-state index contributed by atoms with van der Waals surface area (Å²) in [7, 11) is 3.66. The SMILES string of the molecule is CN(C)CC(C)(O)CNC(=O)Cc1c(F)cccc1Cl. The summed E-state index contributed by atoms with van der Waals surface area (Å²) >= 11 is 5.86. The highest BCUT2D eigenvalue weighted by atomic mass is 35.5. The topological polar surface area (TPSA) is 52.6 Å². The Bertz CT molecular complexity index is 458. The van der Waals surface area contributed by atoms with Crippen LogP contribution < -0.4 is 5.32 Å². The summed E-state index contributed by atoms with van der Waals surface area (Å²) in [6, 6.07) is 4.28. The number of hydrogen-bond acceptors (Lipinski definition) is 3. The lowest BCUT2D eigenvalue weighted by molar-refractivity contribution is -0.121. The van der Waals surface area contributed by atoms with E-state index in [1.54, 1.807) is 6.92 Å². The third kappa shape index (κ3) is 5.45. The van der Waals surface area contributed by atoms with Gasteiger partial charge >= 0.3 is 0 Å². The van der Waals surface area contributed by atoms with Crippen LogP contribution in [0.25, 0.3) is 0 Å². The van der Waals surface area contributed by atoms with Crippen LogP contribution in [0.1, 0.15) is 12.5 Å². The molecule has 0 aromatic heterocycles. The first kappa shape index (κ1) is 16.9. The molecule has 0 saturated carbocycles. The number of nitrogens with one attached hydrogen (secondary N) is 1. The molecule has 112 valence electrons. The first-order valence-electron chi connectivity index (χ1n) is 6.28. The van der Waals surface area contributed by atoms with Crippen molar-refractivity contribution in [2.24, 2.45) is 0 Å². The van der Waals surface area contributed by atoms with E-state index in [0.29, 0.717) is 6.54 Å². The molecule has 6 heteroatoms. The van der Waals surface area contributed by atoms with Gasteiger partial charge in [-0.15, -0.1) is 0 Å². The van der Waals surface area contributed by atoms with Crippen LogP contribution in [-0.4, -0.2) is 48.7 Å². The molecular weight excluding hydrogens is 283 g/mol. The van der Waals surface area contributed by atoms with E-state index < -0.39 is 11.4 Å². The average molecular weight is 303 g/mol. The molecule has 0 radical (unpaired) electrons. The van der Waals surface area contributed by atoms with E-state index in [9.17, 15) is 14.3 Å². The maximum Gasteiger partial charge on any atom is 0.224 e. The minimum absolute atomic E-state index is 0.0933. The number of likely N-dealkylation sites (N-methyl/N-ethyl adjacent to an activating group) is 1. The van der Waals surface area contributed by atoms with Crippen LogP contribution in [0.4, 0.5) is 4.39 Å². The molecule has 0 aliphatic rings. The van der Waals surface area contributed by atoms with E-state index in [1.807, 2.05) is 19.0 Å². The van der Waals surface area contributed by atoms with Gasteiger partial charge in [0.05, 0.1) is 12.0 Å². The van der Waals surface area contributed by atoms with E-state index in [4.69, 9.17) is 11.6 Å². The van der Waals surface area contributed by atoms with Crippen molar-refractivity contribution < 1.29 is 14.3 Å². The number of nitrogens with zero attached hydrogens (tertiary/aromatic N) is 1. The van der Waals surface area contributed by atoms with Gasteiger partial charge in [0.2, 0.25) is 5.91 Å². The van der Waals surface area contributed by atoms with Crippen molar-refractivity contribution in [2.75, 3.05) is 27.2 Å². The summed E-state index contributed by atoms with van der Waals surface area (Å²) < 4.78 is 13.5. The number of aliphatic hydroxyl groups is 1. The maximum absolute atomic E-state index is 13.5. The molecule has 0 aliphatic heterocycles.